The summed E-state index contributed by atoms with van der Waals surface area (Å²) in [6.45, 7) is 0. The van der Waals surface area contributed by atoms with Crippen LogP contribution >= 0.6 is 0 Å². The van der Waals surface area contributed by atoms with Gasteiger partial charge in [-0.2, -0.15) is 0 Å². The van der Waals surface area contributed by atoms with Crippen LogP contribution in [0.4, 0.5) is 0 Å². The smallest absolute Gasteiger partial charge is 0.0658 e. The second-order valence-electron chi connectivity index (χ2n) is 7.45. The minimum absolute atomic E-state index is 0. The van der Waals surface area contributed by atoms with Crippen molar-refractivity contribution in [3.05, 3.63) is 95.6 Å². The number of H-pyrrole nitrogens is 2. The van der Waals surface area contributed by atoms with Crippen molar-refractivity contribution in [2.45, 2.75) is 0 Å². The second kappa shape index (κ2) is 7.87. The fraction of sp³-hybridized carbons (Fsp3) is 0. The van der Waals surface area contributed by atoms with Crippen molar-refractivity contribution in [2.24, 2.45) is 0 Å². The zero-order chi connectivity index (χ0) is 19.9. The van der Waals surface area contributed by atoms with E-state index in [1.165, 1.54) is 5.56 Å². The molecule has 2 N–H and O–H groups in total. The number of aromatic nitrogens is 4. The van der Waals surface area contributed by atoms with Crippen LogP contribution in [-0.4, -0.2) is 19.9 Å². The average molecular weight is 445 g/mol. The van der Waals surface area contributed by atoms with Crippen molar-refractivity contribution >= 4 is 46.4 Å². The predicted octanol–water partition coefficient (Wildman–Crippen LogP) is 6.32. The van der Waals surface area contributed by atoms with E-state index in [0.717, 1.165) is 50.4 Å². The summed E-state index contributed by atoms with van der Waals surface area (Å²) < 4.78 is 0. The molecule has 4 aromatic rings. The van der Waals surface area contributed by atoms with Crippen molar-refractivity contribution in [2.75, 3.05) is 0 Å². The number of rotatable bonds is 1. The van der Waals surface area contributed by atoms with Crippen LogP contribution in [-0.2, 0) is 16.8 Å². The van der Waals surface area contributed by atoms with Gasteiger partial charge < -0.3 is 9.97 Å². The number of hydrogen-bond acceptors (Lipinski definition) is 2. The molecule has 1 aromatic carbocycles. The van der Waals surface area contributed by atoms with Gasteiger partial charge in [-0.15, -0.1) is 0 Å². The van der Waals surface area contributed by atoms with Crippen LogP contribution < -0.4 is 0 Å². The Balaban J connectivity index is 0.00000204. The summed E-state index contributed by atoms with van der Waals surface area (Å²) in [6.07, 6.45) is 8.16. The van der Waals surface area contributed by atoms with Gasteiger partial charge in [0, 0.05) is 44.4 Å². The summed E-state index contributed by atoms with van der Waals surface area (Å²) in [4.78, 5) is 16.5. The van der Waals surface area contributed by atoms with E-state index < -0.39 is 0 Å². The maximum absolute atomic E-state index is 4.77. The average Bonchev–Trinajstić information content (AvgIpc) is 3.53. The van der Waals surface area contributed by atoms with E-state index in [4.69, 9.17) is 9.97 Å². The van der Waals surface area contributed by atoms with Crippen molar-refractivity contribution in [3.8, 4) is 11.1 Å². The molecule has 6 rings (SSSR count). The maximum atomic E-state index is 4.77. The standard InChI is InChI=1S/C26H18N4.Co/c1-2-4-17(5-3-1)25-15-24-14-22-9-8-20(28-22)12-18-6-7-19(27-18)13-21-10-11-23(29-21)16-26(25)30-24;/h1-16,27,30H;. The first-order valence-corrected chi connectivity index (χ1v) is 9.92. The molecule has 0 spiro atoms. The molecule has 0 amide bonds. The van der Waals surface area contributed by atoms with E-state index in [-0.39, 0.29) is 16.8 Å². The molecule has 0 saturated carbocycles. The van der Waals surface area contributed by atoms with Crippen LogP contribution in [0, 0.1) is 0 Å². The molecular weight excluding hydrogens is 427 g/mol. The van der Waals surface area contributed by atoms with Gasteiger partial charge in [-0.1, -0.05) is 30.3 Å². The van der Waals surface area contributed by atoms with Gasteiger partial charge in [-0.25, -0.2) is 9.97 Å². The van der Waals surface area contributed by atoms with Gasteiger partial charge in [0.2, 0.25) is 0 Å². The number of nitrogens with zero attached hydrogens (tertiary/aromatic N) is 2. The van der Waals surface area contributed by atoms with Crippen LogP contribution in [0.25, 0.3) is 57.5 Å². The van der Waals surface area contributed by atoms with Crippen LogP contribution in [0.5, 0.6) is 0 Å². The Morgan fingerprint density at radius 1 is 0.516 bits per heavy atom. The zero-order valence-corrected chi connectivity index (χ0v) is 17.5. The van der Waals surface area contributed by atoms with Gasteiger partial charge >= 0.3 is 0 Å². The fourth-order valence-corrected chi connectivity index (χ4v) is 3.87. The van der Waals surface area contributed by atoms with Crippen LogP contribution in [0.3, 0.4) is 0 Å². The van der Waals surface area contributed by atoms with Crippen LogP contribution in [0.15, 0.2) is 72.8 Å². The van der Waals surface area contributed by atoms with Crippen molar-refractivity contribution in [1.29, 1.82) is 0 Å². The van der Waals surface area contributed by atoms with Crippen LogP contribution in [0.2, 0.25) is 0 Å². The molecule has 5 heteroatoms. The molecule has 0 saturated heterocycles. The van der Waals surface area contributed by atoms with Gasteiger partial charge in [0.15, 0.2) is 0 Å². The molecule has 151 valence electrons. The Bertz CT molecular complexity index is 1490. The maximum Gasteiger partial charge on any atom is 0.0658 e. The Morgan fingerprint density at radius 2 is 1.06 bits per heavy atom. The molecule has 0 aliphatic carbocycles. The SMILES string of the molecule is C1=Cc2cc3cc(-c4ccccc4)c(cc4nc(cc5ccc(cc1n2)[nH]5)C=C4)[nH]3.[Co]. The first-order valence-electron chi connectivity index (χ1n) is 9.92. The monoisotopic (exact) mass is 445 g/mol. The quantitative estimate of drug-likeness (QED) is 0.311. The summed E-state index contributed by atoms with van der Waals surface area (Å²) in [5.41, 5.74) is 10.1. The Kier molecular flexibility index (Phi) is 4.90. The summed E-state index contributed by atoms with van der Waals surface area (Å²) in [7, 11) is 0. The van der Waals surface area contributed by atoms with Gasteiger partial charge in [0.1, 0.15) is 0 Å². The van der Waals surface area contributed by atoms with E-state index >= 15 is 0 Å². The largest absolute Gasteiger partial charge is 0.355 e. The Hall–Kier alpha value is -3.67. The summed E-state index contributed by atoms with van der Waals surface area (Å²) in [5, 5.41) is 0. The van der Waals surface area contributed by atoms with Gasteiger partial charge in [-0.3, -0.25) is 0 Å². The minimum atomic E-state index is 0. The number of aromatic amines is 2. The third kappa shape index (κ3) is 3.88. The molecule has 0 fully saturated rings. The van der Waals surface area contributed by atoms with Crippen LogP contribution in [0.1, 0.15) is 22.8 Å². The molecule has 3 aromatic heterocycles. The number of nitrogens with one attached hydrogen (secondary N) is 2. The molecule has 1 radical (unpaired) electrons. The van der Waals surface area contributed by atoms with Crippen molar-refractivity contribution in [3.63, 3.8) is 0 Å². The third-order valence-corrected chi connectivity index (χ3v) is 5.25. The second-order valence-corrected chi connectivity index (χ2v) is 7.45. The van der Waals surface area contributed by atoms with E-state index in [1.807, 2.05) is 36.4 Å². The van der Waals surface area contributed by atoms with E-state index in [0.29, 0.717) is 0 Å². The molecule has 31 heavy (non-hydrogen) atoms. The summed E-state index contributed by atoms with van der Waals surface area (Å²) in [6, 6.07) is 25.0. The first-order chi connectivity index (χ1) is 14.8. The molecule has 0 unspecified atom stereocenters. The molecule has 0 atom stereocenters. The summed E-state index contributed by atoms with van der Waals surface area (Å²) >= 11 is 0. The topological polar surface area (TPSA) is 57.4 Å². The molecular formula is C26H18CoN4. The number of fused-ring (bicyclic) bond motifs is 8. The van der Waals surface area contributed by atoms with E-state index in [2.05, 4.69) is 70.6 Å². The van der Waals surface area contributed by atoms with Crippen molar-refractivity contribution in [1.82, 2.24) is 19.9 Å². The van der Waals surface area contributed by atoms with Gasteiger partial charge in [0.05, 0.1) is 22.8 Å². The predicted molar refractivity (Wildman–Crippen MR) is 124 cm³/mol. The molecule has 8 bridgehead atoms. The molecule has 2 aliphatic rings. The third-order valence-electron chi connectivity index (χ3n) is 5.25. The number of benzene rings is 1. The Labute approximate surface area is 189 Å². The number of hydrogen-bond donors (Lipinski definition) is 2. The zero-order valence-electron chi connectivity index (χ0n) is 16.5. The molecule has 2 aliphatic heterocycles. The summed E-state index contributed by atoms with van der Waals surface area (Å²) in [5.74, 6) is 0. The van der Waals surface area contributed by atoms with Gasteiger partial charge in [0.25, 0.3) is 0 Å². The fourth-order valence-electron chi connectivity index (χ4n) is 3.87. The first kappa shape index (κ1) is 19.3. The van der Waals surface area contributed by atoms with Gasteiger partial charge in [-0.05, 0) is 72.3 Å². The normalized spacial score (nSPS) is 12.0. The molecule has 5 heterocycles. The minimum Gasteiger partial charge on any atom is -0.355 e. The van der Waals surface area contributed by atoms with Crippen molar-refractivity contribution < 1.29 is 16.8 Å². The van der Waals surface area contributed by atoms with E-state index in [1.54, 1.807) is 0 Å². The Morgan fingerprint density at radius 3 is 1.68 bits per heavy atom. The van der Waals surface area contributed by atoms with E-state index in [9.17, 15) is 0 Å². The molecule has 4 nitrogen and oxygen atoms in total.